The van der Waals surface area contributed by atoms with Crippen LogP contribution in [0.15, 0.2) is 54.2 Å². The molecule has 1 N–H and O–H groups in total. The number of nitro groups is 1. The first-order chi connectivity index (χ1) is 15.9. The molecule has 1 saturated heterocycles. The van der Waals surface area contributed by atoms with Crippen molar-refractivity contribution >= 4 is 23.1 Å². The molecule has 0 aliphatic carbocycles. The second-order valence-electron chi connectivity index (χ2n) is 8.30. The van der Waals surface area contributed by atoms with Crippen molar-refractivity contribution in [2.75, 3.05) is 26.2 Å². The number of benzene rings is 2. The lowest BCUT2D eigenvalue weighted by atomic mass is 9.97. The molecule has 0 radical (unpaired) electrons. The number of hydrogen-bond acceptors (Lipinski definition) is 6. The Balaban J connectivity index is 1.66. The summed E-state index contributed by atoms with van der Waals surface area (Å²) in [6, 6.07) is 11.5. The lowest BCUT2D eigenvalue weighted by Crippen LogP contribution is -2.41. The molecule has 2 aliphatic rings. The van der Waals surface area contributed by atoms with Gasteiger partial charge in [0.2, 0.25) is 0 Å². The number of aliphatic hydroxyl groups excluding tert-OH is 1. The van der Waals surface area contributed by atoms with Gasteiger partial charge in [0, 0.05) is 38.4 Å². The summed E-state index contributed by atoms with van der Waals surface area (Å²) in [4.78, 5) is 40.3. The van der Waals surface area contributed by atoms with Crippen molar-refractivity contribution in [3.63, 3.8) is 0 Å². The van der Waals surface area contributed by atoms with Crippen molar-refractivity contribution in [1.29, 1.82) is 0 Å². The van der Waals surface area contributed by atoms with Crippen LogP contribution in [-0.4, -0.2) is 57.9 Å². The third-order valence-electron chi connectivity index (χ3n) is 6.14. The third kappa shape index (κ3) is 4.63. The van der Waals surface area contributed by atoms with Crippen LogP contribution in [0.4, 0.5) is 10.1 Å². The first-order valence-corrected chi connectivity index (χ1v) is 10.8. The van der Waals surface area contributed by atoms with Crippen molar-refractivity contribution in [2.45, 2.75) is 19.3 Å². The van der Waals surface area contributed by atoms with Crippen LogP contribution in [0.25, 0.3) is 5.57 Å². The minimum Gasteiger partial charge on any atom is -0.396 e. The number of imide groups is 1. The number of hydrogen-bond donors (Lipinski definition) is 1. The number of carbonyl (C=O) groups is 2. The molecular formula is C24H24FN3O5. The Bertz CT molecular complexity index is 1100. The highest BCUT2D eigenvalue weighted by molar-refractivity contribution is 6.35. The molecule has 172 valence electrons. The van der Waals surface area contributed by atoms with Crippen molar-refractivity contribution in [3.05, 3.63) is 81.3 Å². The van der Waals surface area contributed by atoms with Gasteiger partial charge >= 0.3 is 0 Å². The molecule has 0 aromatic heterocycles. The van der Waals surface area contributed by atoms with Crippen LogP contribution in [-0.2, 0) is 16.0 Å². The van der Waals surface area contributed by atoms with Gasteiger partial charge in [0.25, 0.3) is 17.5 Å². The van der Waals surface area contributed by atoms with Gasteiger partial charge in [-0.15, -0.1) is 0 Å². The molecule has 2 aromatic rings. The number of nitrogens with zero attached hydrogens (tertiary/aromatic N) is 3. The van der Waals surface area contributed by atoms with E-state index in [0.29, 0.717) is 25.1 Å². The van der Waals surface area contributed by atoms with Gasteiger partial charge in [-0.25, -0.2) is 4.39 Å². The molecule has 4 rings (SSSR count). The van der Waals surface area contributed by atoms with E-state index in [1.807, 2.05) is 4.90 Å². The molecule has 2 heterocycles. The summed E-state index contributed by atoms with van der Waals surface area (Å²) in [5, 5.41) is 20.7. The average Bonchev–Trinajstić information content (AvgIpc) is 3.08. The lowest BCUT2D eigenvalue weighted by Gasteiger charge is -2.34. The Kier molecular flexibility index (Phi) is 6.50. The molecule has 2 amide bonds. The van der Waals surface area contributed by atoms with E-state index in [4.69, 9.17) is 0 Å². The van der Waals surface area contributed by atoms with Crippen molar-refractivity contribution < 1.29 is 24.0 Å². The molecule has 1 unspecified atom stereocenters. The maximum Gasteiger partial charge on any atom is 0.277 e. The molecule has 2 aromatic carbocycles. The first kappa shape index (κ1) is 22.6. The topological polar surface area (TPSA) is 104 Å². The summed E-state index contributed by atoms with van der Waals surface area (Å²) in [6.07, 6.45) is 1.99. The largest absolute Gasteiger partial charge is 0.396 e. The molecule has 9 heteroatoms. The molecule has 1 fully saturated rings. The van der Waals surface area contributed by atoms with Crippen LogP contribution >= 0.6 is 0 Å². The molecule has 0 bridgehead atoms. The normalized spacial score (nSPS) is 18.9. The summed E-state index contributed by atoms with van der Waals surface area (Å²) in [7, 11) is 0. The van der Waals surface area contributed by atoms with Gasteiger partial charge in [0.1, 0.15) is 11.5 Å². The minimum absolute atomic E-state index is 0.000489. The third-order valence-corrected chi connectivity index (χ3v) is 6.14. The molecule has 8 nitrogen and oxygen atoms in total. The van der Waals surface area contributed by atoms with Crippen LogP contribution in [0, 0.1) is 21.8 Å². The van der Waals surface area contributed by atoms with Gasteiger partial charge in [0.05, 0.1) is 10.5 Å². The predicted molar refractivity (Wildman–Crippen MR) is 118 cm³/mol. The number of amides is 2. The van der Waals surface area contributed by atoms with Crippen molar-refractivity contribution in [3.8, 4) is 0 Å². The van der Waals surface area contributed by atoms with Gasteiger partial charge in [-0.3, -0.25) is 24.6 Å². The monoisotopic (exact) mass is 453 g/mol. The second-order valence-corrected chi connectivity index (χ2v) is 8.30. The fraction of sp³-hybridized carbons (Fsp3) is 0.333. The van der Waals surface area contributed by atoms with E-state index in [2.05, 4.69) is 0 Å². The Morgan fingerprint density at radius 1 is 1.06 bits per heavy atom. The average molecular weight is 453 g/mol. The number of piperidine rings is 1. The van der Waals surface area contributed by atoms with E-state index >= 15 is 0 Å². The van der Waals surface area contributed by atoms with E-state index in [1.165, 1.54) is 41.3 Å². The highest BCUT2D eigenvalue weighted by Gasteiger charge is 2.42. The number of halogens is 1. The zero-order valence-corrected chi connectivity index (χ0v) is 17.9. The van der Waals surface area contributed by atoms with E-state index < -0.39 is 16.7 Å². The smallest absolute Gasteiger partial charge is 0.277 e. The van der Waals surface area contributed by atoms with Crippen LogP contribution in [0.1, 0.15) is 24.0 Å². The number of rotatable bonds is 7. The van der Waals surface area contributed by atoms with Gasteiger partial charge in [-0.2, -0.15) is 0 Å². The predicted octanol–water partition coefficient (Wildman–Crippen LogP) is 2.76. The van der Waals surface area contributed by atoms with Gasteiger partial charge < -0.3 is 10.0 Å². The maximum atomic E-state index is 13.4. The molecular weight excluding hydrogens is 429 g/mol. The summed E-state index contributed by atoms with van der Waals surface area (Å²) in [5.74, 6) is -1.24. The zero-order chi connectivity index (χ0) is 23.5. The fourth-order valence-corrected chi connectivity index (χ4v) is 4.38. The Labute approximate surface area is 190 Å². The minimum atomic E-state index is -0.522. The van der Waals surface area contributed by atoms with Crippen LogP contribution in [0.2, 0.25) is 0 Å². The van der Waals surface area contributed by atoms with E-state index in [-0.39, 0.29) is 41.8 Å². The van der Waals surface area contributed by atoms with Crippen LogP contribution in [0.5, 0.6) is 0 Å². The zero-order valence-electron chi connectivity index (χ0n) is 17.9. The lowest BCUT2D eigenvalue weighted by molar-refractivity contribution is -0.384. The summed E-state index contributed by atoms with van der Waals surface area (Å²) in [6.45, 7) is 1.15. The van der Waals surface area contributed by atoms with Crippen LogP contribution in [0.3, 0.4) is 0 Å². The van der Waals surface area contributed by atoms with Gasteiger partial charge in [-0.05, 0) is 60.6 Å². The second kappa shape index (κ2) is 9.50. The highest BCUT2D eigenvalue weighted by Crippen LogP contribution is 2.34. The number of likely N-dealkylation sites (tertiary alicyclic amines) is 1. The SMILES string of the molecule is O=C1C(c2ccc([N+](=O)[O-])cc2)=C(N2CCCC(CO)C2)C(=O)N1CCc1ccc(F)cc1. The standard InChI is InChI=1S/C24H24FN3O5/c25-19-7-3-16(4-8-19)11-13-27-23(30)21(18-5-9-20(10-6-18)28(32)33)22(24(27)31)26-12-1-2-17(14-26)15-29/h3-10,17,29H,1-2,11-15H2. The number of aliphatic hydroxyl groups is 1. The number of non-ortho nitro benzene ring substituents is 1. The Morgan fingerprint density at radius 3 is 2.39 bits per heavy atom. The molecule has 2 aliphatic heterocycles. The molecule has 1 atom stereocenters. The molecule has 0 spiro atoms. The quantitative estimate of drug-likeness (QED) is 0.393. The van der Waals surface area contributed by atoms with Crippen molar-refractivity contribution in [1.82, 2.24) is 9.80 Å². The van der Waals surface area contributed by atoms with E-state index in [9.17, 15) is 29.2 Å². The van der Waals surface area contributed by atoms with Crippen LogP contribution < -0.4 is 0 Å². The summed E-state index contributed by atoms with van der Waals surface area (Å²) >= 11 is 0. The van der Waals surface area contributed by atoms with Crippen molar-refractivity contribution in [2.24, 2.45) is 5.92 Å². The Hall–Kier alpha value is -3.59. The maximum absolute atomic E-state index is 13.4. The fourth-order valence-electron chi connectivity index (χ4n) is 4.38. The van der Waals surface area contributed by atoms with E-state index in [1.54, 1.807) is 12.1 Å². The van der Waals surface area contributed by atoms with Gasteiger partial charge in [0.15, 0.2) is 0 Å². The Morgan fingerprint density at radius 2 is 1.76 bits per heavy atom. The molecule has 33 heavy (non-hydrogen) atoms. The highest BCUT2D eigenvalue weighted by atomic mass is 19.1. The van der Waals surface area contributed by atoms with E-state index in [0.717, 1.165) is 18.4 Å². The number of carbonyl (C=O) groups excluding carboxylic acids is 2. The molecule has 0 saturated carbocycles. The summed E-state index contributed by atoms with van der Waals surface area (Å²) in [5.41, 5.74) is 1.60. The summed E-state index contributed by atoms with van der Waals surface area (Å²) < 4.78 is 13.2. The number of nitro benzene ring substituents is 1. The van der Waals surface area contributed by atoms with Gasteiger partial charge in [-0.1, -0.05) is 12.1 Å². The first-order valence-electron chi connectivity index (χ1n) is 10.8.